The zero-order chi connectivity index (χ0) is 19.1. The second-order valence-corrected chi connectivity index (χ2v) is 7.24. The third-order valence-corrected chi connectivity index (χ3v) is 5.01. The molecule has 0 aliphatic heterocycles. The number of hydrogen-bond donors (Lipinski definition) is 0. The van der Waals surface area contributed by atoms with Crippen molar-refractivity contribution in [2.45, 2.75) is 46.6 Å². The van der Waals surface area contributed by atoms with Crippen LogP contribution in [0.15, 0.2) is 36.7 Å². The molecule has 0 aliphatic rings. The number of benzene rings is 1. The van der Waals surface area contributed by atoms with E-state index in [0.717, 1.165) is 33.3 Å². The summed E-state index contributed by atoms with van der Waals surface area (Å²) in [5, 5.41) is 0.857. The number of nitrogens with zero attached hydrogens (tertiary/aromatic N) is 2. The molecule has 0 saturated carbocycles. The topological polar surface area (TPSA) is 17.8 Å². The Kier molecular flexibility index (Phi) is 4.82. The van der Waals surface area contributed by atoms with Gasteiger partial charge in [-0.25, -0.2) is 13.2 Å². The predicted octanol–water partition coefficient (Wildman–Crippen LogP) is 5.67. The van der Waals surface area contributed by atoms with Gasteiger partial charge in [-0.3, -0.25) is 4.98 Å². The van der Waals surface area contributed by atoms with Crippen LogP contribution in [0.5, 0.6) is 0 Å². The van der Waals surface area contributed by atoms with Gasteiger partial charge in [-0.1, -0.05) is 13.8 Å². The lowest BCUT2D eigenvalue weighted by molar-refractivity contribution is -0.0587. The van der Waals surface area contributed by atoms with Crippen LogP contribution in [0.25, 0.3) is 10.9 Å². The highest BCUT2D eigenvalue weighted by Gasteiger charge is 2.34. The van der Waals surface area contributed by atoms with Gasteiger partial charge in [0.2, 0.25) is 0 Å². The summed E-state index contributed by atoms with van der Waals surface area (Å²) in [6.07, 6.45) is 3.88. The smallest absolute Gasteiger partial charge is 0.267 e. The molecule has 2 nitrogen and oxygen atoms in total. The number of pyridine rings is 1. The van der Waals surface area contributed by atoms with Crippen LogP contribution in [0.3, 0.4) is 0 Å². The van der Waals surface area contributed by atoms with Crippen LogP contribution >= 0.6 is 0 Å². The molecule has 3 aromatic rings. The summed E-state index contributed by atoms with van der Waals surface area (Å²) >= 11 is 0. The molecular weight excluding hydrogens is 337 g/mol. The van der Waals surface area contributed by atoms with Crippen molar-refractivity contribution in [3.63, 3.8) is 0 Å². The molecule has 0 bridgehead atoms. The number of halogens is 3. The van der Waals surface area contributed by atoms with E-state index < -0.39 is 11.8 Å². The van der Waals surface area contributed by atoms with Gasteiger partial charge in [0.15, 0.2) is 0 Å². The molecule has 0 fully saturated rings. The number of aromatic nitrogens is 2. The number of fused-ring (bicyclic) bond motifs is 1. The van der Waals surface area contributed by atoms with Crippen molar-refractivity contribution in [2.24, 2.45) is 5.92 Å². The van der Waals surface area contributed by atoms with E-state index in [0.29, 0.717) is 6.42 Å². The highest BCUT2D eigenvalue weighted by Crippen LogP contribution is 2.29. The van der Waals surface area contributed by atoms with Gasteiger partial charge in [-0.15, -0.1) is 0 Å². The first-order valence-electron chi connectivity index (χ1n) is 8.75. The zero-order valence-electron chi connectivity index (χ0n) is 15.5. The van der Waals surface area contributed by atoms with E-state index in [4.69, 9.17) is 0 Å². The molecule has 0 aliphatic carbocycles. The van der Waals surface area contributed by atoms with Crippen LogP contribution in [0.4, 0.5) is 13.2 Å². The Morgan fingerprint density at radius 1 is 1.12 bits per heavy atom. The lowest BCUT2D eigenvalue weighted by Crippen LogP contribution is -2.29. The highest BCUT2D eigenvalue weighted by atomic mass is 19.3. The van der Waals surface area contributed by atoms with Gasteiger partial charge in [0.25, 0.3) is 5.92 Å². The largest absolute Gasteiger partial charge is 0.341 e. The Labute approximate surface area is 151 Å². The van der Waals surface area contributed by atoms with E-state index in [-0.39, 0.29) is 12.4 Å². The Morgan fingerprint density at radius 2 is 1.77 bits per heavy atom. The van der Waals surface area contributed by atoms with Crippen molar-refractivity contribution >= 4 is 10.9 Å². The molecule has 138 valence electrons. The Hall–Kier alpha value is -2.30. The third-order valence-electron chi connectivity index (χ3n) is 5.01. The molecule has 0 amide bonds. The zero-order valence-corrected chi connectivity index (χ0v) is 15.5. The summed E-state index contributed by atoms with van der Waals surface area (Å²) in [5.41, 5.74) is 4.31. The normalized spacial score (nSPS) is 12.3. The number of hydrogen-bond acceptors (Lipinski definition) is 1. The van der Waals surface area contributed by atoms with E-state index in [1.807, 2.05) is 19.9 Å². The minimum absolute atomic E-state index is 0.253. The molecule has 0 saturated heterocycles. The van der Waals surface area contributed by atoms with E-state index >= 15 is 0 Å². The van der Waals surface area contributed by atoms with E-state index in [9.17, 15) is 13.2 Å². The van der Waals surface area contributed by atoms with Crippen molar-refractivity contribution < 1.29 is 13.2 Å². The van der Waals surface area contributed by atoms with Crippen molar-refractivity contribution in [1.82, 2.24) is 9.55 Å². The van der Waals surface area contributed by atoms with Crippen LogP contribution in [-0.2, 0) is 13.0 Å². The first kappa shape index (κ1) is 18.5. The van der Waals surface area contributed by atoms with Crippen molar-refractivity contribution in [3.8, 4) is 0 Å². The van der Waals surface area contributed by atoms with Gasteiger partial charge >= 0.3 is 0 Å². The molecule has 0 atom stereocenters. The van der Waals surface area contributed by atoms with Crippen molar-refractivity contribution in [2.75, 3.05) is 0 Å². The maximum absolute atomic E-state index is 14.2. The van der Waals surface area contributed by atoms with E-state index in [1.54, 1.807) is 23.0 Å². The summed E-state index contributed by atoms with van der Waals surface area (Å²) in [5.74, 6) is -3.76. The molecular formula is C21H23F3N2. The van der Waals surface area contributed by atoms with E-state index in [2.05, 4.69) is 4.98 Å². The molecule has 5 heteroatoms. The summed E-state index contributed by atoms with van der Waals surface area (Å²) < 4.78 is 43.4. The van der Waals surface area contributed by atoms with Crippen LogP contribution in [0.2, 0.25) is 0 Å². The molecule has 2 heterocycles. The fourth-order valence-corrected chi connectivity index (χ4v) is 3.26. The lowest BCUT2D eigenvalue weighted by atomic mass is 9.97. The number of rotatable bonds is 5. The monoisotopic (exact) mass is 360 g/mol. The second kappa shape index (κ2) is 6.78. The van der Waals surface area contributed by atoms with Gasteiger partial charge in [-0.05, 0) is 54.8 Å². The fraction of sp³-hybridized carbons (Fsp3) is 0.381. The SMILES string of the molecule is Cc1cc(F)cc(C)c1Cc1nccc2c1ccn2CC(F)(F)C(C)C. The highest BCUT2D eigenvalue weighted by molar-refractivity contribution is 5.82. The second-order valence-electron chi connectivity index (χ2n) is 7.24. The van der Waals surface area contributed by atoms with Crippen LogP contribution < -0.4 is 0 Å². The van der Waals surface area contributed by atoms with Gasteiger partial charge in [-0.2, -0.15) is 0 Å². The third kappa shape index (κ3) is 3.48. The van der Waals surface area contributed by atoms with E-state index in [1.165, 1.54) is 26.0 Å². The van der Waals surface area contributed by atoms with Gasteiger partial charge in [0.05, 0.1) is 17.8 Å². The lowest BCUT2D eigenvalue weighted by Gasteiger charge is -2.21. The van der Waals surface area contributed by atoms with Crippen LogP contribution in [0.1, 0.15) is 36.2 Å². The van der Waals surface area contributed by atoms with Gasteiger partial charge in [0.1, 0.15) is 5.82 Å². The van der Waals surface area contributed by atoms with Crippen LogP contribution in [-0.4, -0.2) is 15.5 Å². The molecule has 1 aromatic carbocycles. The Bertz CT molecular complexity index is 919. The van der Waals surface area contributed by atoms with Crippen molar-refractivity contribution in [3.05, 3.63) is 64.9 Å². The predicted molar refractivity (Wildman–Crippen MR) is 98.2 cm³/mol. The van der Waals surface area contributed by atoms with Crippen molar-refractivity contribution in [1.29, 1.82) is 0 Å². The molecule has 0 unspecified atom stereocenters. The maximum Gasteiger partial charge on any atom is 0.267 e. The summed E-state index contributed by atoms with van der Waals surface area (Å²) in [4.78, 5) is 4.46. The molecule has 2 aromatic heterocycles. The number of aryl methyl sites for hydroxylation is 2. The minimum Gasteiger partial charge on any atom is -0.341 e. The van der Waals surface area contributed by atoms with Gasteiger partial charge < -0.3 is 4.57 Å². The van der Waals surface area contributed by atoms with Gasteiger partial charge in [0, 0.05) is 30.1 Å². The maximum atomic E-state index is 14.2. The Morgan fingerprint density at radius 3 is 2.38 bits per heavy atom. The summed E-state index contributed by atoms with van der Waals surface area (Å²) in [7, 11) is 0. The minimum atomic E-state index is -2.78. The summed E-state index contributed by atoms with van der Waals surface area (Å²) in [6, 6.07) is 6.62. The fourth-order valence-electron chi connectivity index (χ4n) is 3.26. The molecule has 0 spiro atoms. The Balaban J connectivity index is 2.00. The summed E-state index contributed by atoms with van der Waals surface area (Å²) in [6.45, 7) is 6.45. The van der Waals surface area contributed by atoms with Crippen LogP contribution in [0, 0.1) is 25.6 Å². The first-order chi connectivity index (χ1) is 12.2. The quantitative estimate of drug-likeness (QED) is 0.573. The average Bonchev–Trinajstić information content (AvgIpc) is 2.94. The molecule has 0 N–H and O–H groups in total. The number of alkyl halides is 2. The standard InChI is InChI=1S/C21H23F3N2/c1-13(2)21(23,24)12-26-8-6-17-19(25-7-5-20(17)26)11-18-14(3)9-16(22)10-15(18)4/h5-10,13H,11-12H2,1-4H3. The first-order valence-corrected chi connectivity index (χ1v) is 8.75. The molecule has 3 rings (SSSR count). The molecule has 26 heavy (non-hydrogen) atoms. The molecule has 0 radical (unpaired) electrons. The average molecular weight is 360 g/mol.